The zero-order valence-corrected chi connectivity index (χ0v) is 8.99. The molecule has 74 valence electrons. The fourth-order valence-corrected chi connectivity index (χ4v) is 1.34. The van der Waals surface area contributed by atoms with E-state index >= 15 is 0 Å². The zero-order valence-electron chi connectivity index (χ0n) is 8.24. The van der Waals surface area contributed by atoms with Crippen molar-refractivity contribution in [1.29, 1.82) is 10.5 Å². The Labute approximate surface area is 94.0 Å². The van der Waals surface area contributed by atoms with Crippen molar-refractivity contribution < 1.29 is 0 Å². The number of nitrogens with zero attached hydrogens (tertiary/aromatic N) is 2. The third kappa shape index (κ3) is 3.13. The highest BCUT2D eigenvalue weighted by atomic mass is 35.5. The van der Waals surface area contributed by atoms with E-state index in [4.69, 9.17) is 22.1 Å². The molecule has 0 fully saturated rings. The van der Waals surface area contributed by atoms with Crippen LogP contribution in [0.3, 0.4) is 0 Å². The Bertz CT molecular complexity index is 430. The summed E-state index contributed by atoms with van der Waals surface area (Å²) in [6, 6.07) is 11.0. The molecule has 1 aromatic rings. The largest absolute Gasteiger partial charge is 0.192 e. The van der Waals surface area contributed by atoms with E-state index < -0.39 is 0 Å². The van der Waals surface area contributed by atoms with Gasteiger partial charge in [-0.1, -0.05) is 30.7 Å². The molecular weight excluding hydrogens is 208 g/mol. The Morgan fingerprint density at radius 1 is 1.27 bits per heavy atom. The highest BCUT2D eigenvalue weighted by Crippen LogP contribution is 2.20. The monoisotopic (exact) mass is 216 g/mol. The van der Waals surface area contributed by atoms with Crippen LogP contribution >= 0.6 is 11.6 Å². The quantitative estimate of drug-likeness (QED) is 0.712. The van der Waals surface area contributed by atoms with E-state index in [2.05, 4.69) is 0 Å². The van der Waals surface area contributed by atoms with E-state index in [0.29, 0.717) is 5.02 Å². The molecule has 0 aliphatic heterocycles. The molecule has 15 heavy (non-hydrogen) atoms. The van der Waals surface area contributed by atoms with Gasteiger partial charge in [-0.3, -0.25) is 0 Å². The van der Waals surface area contributed by atoms with Gasteiger partial charge in [0.25, 0.3) is 0 Å². The second kappa shape index (κ2) is 5.20. The first-order valence-electron chi connectivity index (χ1n) is 4.45. The maximum Gasteiger partial charge on any atom is 0.126 e. The summed E-state index contributed by atoms with van der Waals surface area (Å²) in [4.78, 5) is 0. The van der Waals surface area contributed by atoms with E-state index in [0.717, 1.165) is 5.56 Å². The number of hydrogen-bond donors (Lipinski definition) is 0. The zero-order chi connectivity index (χ0) is 11.3. The van der Waals surface area contributed by atoms with Crippen molar-refractivity contribution in [2.75, 3.05) is 0 Å². The average Bonchev–Trinajstić information content (AvgIpc) is 2.26. The van der Waals surface area contributed by atoms with Crippen LogP contribution in [0.1, 0.15) is 18.4 Å². The summed E-state index contributed by atoms with van der Waals surface area (Å²) in [5, 5.41) is 17.9. The van der Waals surface area contributed by atoms with Gasteiger partial charge >= 0.3 is 0 Å². The molecule has 0 aliphatic carbocycles. The van der Waals surface area contributed by atoms with E-state index in [1.165, 1.54) is 0 Å². The second-order valence-corrected chi connectivity index (χ2v) is 3.58. The minimum atomic E-state index is 0.0385. The number of benzene rings is 1. The van der Waals surface area contributed by atoms with Crippen molar-refractivity contribution in [1.82, 2.24) is 0 Å². The predicted octanol–water partition coefficient (Wildman–Crippen LogP) is 3.42. The summed E-state index contributed by atoms with van der Waals surface area (Å²) < 4.78 is 0. The summed E-state index contributed by atoms with van der Waals surface area (Å²) >= 11 is 5.76. The molecule has 1 unspecified atom stereocenters. The molecule has 2 nitrogen and oxygen atoms in total. The standard InChI is InChI=1S/C12H9ClN2/c1-9(6-10(7-14)8-15)11-2-4-12(13)5-3-11/h2-6,9H,1H3. The van der Waals surface area contributed by atoms with Gasteiger partial charge in [0, 0.05) is 10.9 Å². The van der Waals surface area contributed by atoms with Gasteiger partial charge in [-0.25, -0.2) is 0 Å². The maximum atomic E-state index is 8.60. The van der Waals surface area contributed by atoms with Gasteiger partial charge in [-0.2, -0.15) is 10.5 Å². The molecule has 0 heterocycles. The SMILES string of the molecule is CC(C=C(C#N)C#N)c1ccc(Cl)cc1. The lowest BCUT2D eigenvalue weighted by atomic mass is 9.99. The number of hydrogen-bond acceptors (Lipinski definition) is 2. The first kappa shape index (κ1) is 11.3. The molecule has 0 aromatic heterocycles. The van der Waals surface area contributed by atoms with Crippen molar-refractivity contribution in [3.05, 3.63) is 46.5 Å². The Morgan fingerprint density at radius 2 is 1.80 bits per heavy atom. The first-order chi connectivity index (χ1) is 7.17. The van der Waals surface area contributed by atoms with Crippen LogP contribution in [0.25, 0.3) is 0 Å². The second-order valence-electron chi connectivity index (χ2n) is 3.14. The maximum absolute atomic E-state index is 8.60. The summed E-state index contributed by atoms with van der Waals surface area (Å²) in [5.74, 6) is 0.0385. The number of halogens is 1. The summed E-state index contributed by atoms with van der Waals surface area (Å²) in [7, 11) is 0. The molecule has 1 aromatic carbocycles. The molecule has 0 saturated carbocycles. The van der Waals surface area contributed by atoms with Crippen LogP contribution in [-0.2, 0) is 0 Å². The van der Waals surface area contributed by atoms with Crippen LogP contribution in [0, 0.1) is 22.7 Å². The van der Waals surface area contributed by atoms with Crippen molar-refractivity contribution in [3.63, 3.8) is 0 Å². The van der Waals surface area contributed by atoms with Crippen LogP contribution in [0.4, 0.5) is 0 Å². The molecule has 1 rings (SSSR count). The Kier molecular flexibility index (Phi) is 3.92. The predicted molar refractivity (Wildman–Crippen MR) is 59.2 cm³/mol. The van der Waals surface area contributed by atoms with Gasteiger partial charge in [-0.15, -0.1) is 0 Å². The molecular formula is C12H9ClN2. The lowest BCUT2D eigenvalue weighted by molar-refractivity contribution is 0.963. The fourth-order valence-electron chi connectivity index (χ4n) is 1.21. The summed E-state index contributed by atoms with van der Waals surface area (Å²) in [6.07, 6.45) is 1.64. The molecule has 3 heteroatoms. The van der Waals surface area contributed by atoms with Crippen LogP contribution < -0.4 is 0 Å². The Morgan fingerprint density at radius 3 is 2.27 bits per heavy atom. The first-order valence-corrected chi connectivity index (χ1v) is 4.82. The molecule has 0 saturated heterocycles. The average molecular weight is 217 g/mol. The smallest absolute Gasteiger partial charge is 0.126 e. The van der Waals surface area contributed by atoms with E-state index in [-0.39, 0.29) is 11.5 Å². The lowest BCUT2D eigenvalue weighted by Gasteiger charge is -2.05. The van der Waals surface area contributed by atoms with Crippen LogP contribution in [0.15, 0.2) is 35.9 Å². The van der Waals surface area contributed by atoms with E-state index in [1.54, 1.807) is 18.2 Å². The highest BCUT2D eigenvalue weighted by Gasteiger charge is 2.03. The minimum absolute atomic E-state index is 0.0385. The van der Waals surface area contributed by atoms with Gasteiger partial charge in [0.05, 0.1) is 0 Å². The van der Waals surface area contributed by atoms with Crippen molar-refractivity contribution in [3.8, 4) is 12.1 Å². The van der Waals surface area contributed by atoms with Crippen LogP contribution in [0.2, 0.25) is 5.02 Å². The molecule has 0 spiro atoms. The highest BCUT2D eigenvalue weighted by molar-refractivity contribution is 6.30. The van der Waals surface area contributed by atoms with Gasteiger partial charge in [0.1, 0.15) is 17.7 Å². The third-order valence-electron chi connectivity index (χ3n) is 2.05. The summed E-state index contributed by atoms with van der Waals surface area (Å²) in [5.41, 5.74) is 1.17. The minimum Gasteiger partial charge on any atom is -0.192 e. The van der Waals surface area contributed by atoms with Gasteiger partial charge in [0.2, 0.25) is 0 Å². The molecule has 0 bridgehead atoms. The normalized spacial score (nSPS) is 10.9. The molecule has 0 amide bonds. The van der Waals surface area contributed by atoms with Crippen LogP contribution in [0.5, 0.6) is 0 Å². The topological polar surface area (TPSA) is 47.6 Å². The van der Waals surface area contributed by atoms with E-state index in [9.17, 15) is 0 Å². The molecule has 0 N–H and O–H groups in total. The molecule has 0 radical (unpaired) electrons. The molecule has 0 aliphatic rings. The summed E-state index contributed by atoms with van der Waals surface area (Å²) in [6.45, 7) is 1.93. The van der Waals surface area contributed by atoms with Crippen molar-refractivity contribution >= 4 is 11.6 Å². The molecule has 1 atom stereocenters. The number of nitriles is 2. The van der Waals surface area contributed by atoms with Gasteiger partial charge < -0.3 is 0 Å². The van der Waals surface area contributed by atoms with Crippen molar-refractivity contribution in [2.45, 2.75) is 12.8 Å². The van der Waals surface area contributed by atoms with Gasteiger partial charge in [0.15, 0.2) is 0 Å². The van der Waals surface area contributed by atoms with Crippen molar-refractivity contribution in [2.24, 2.45) is 0 Å². The Balaban J connectivity index is 2.92. The van der Waals surface area contributed by atoms with Gasteiger partial charge in [-0.05, 0) is 23.8 Å². The number of rotatable bonds is 2. The fraction of sp³-hybridized carbons (Fsp3) is 0.167. The lowest BCUT2D eigenvalue weighted by Crippen LogP contribution is -1.90. The third-order valence-corrected chi connectivity index (χ3v) is 2.31. The van der Waals surface area contributed by atoms with E-state index in [1.807, 2.05) is 31.2 Å². The number of allylic oxidation sites excluding steroid dienone is 2. The Hall–Kier alpha value is -1.77. The van der Waals surface area contributed by atoms with Crippen LogP contribution in [-0.4, -0.2) is 0 Å².